The molecule has 0 aliphatic carbocycles. The minimum Gasteiger partial charge on any atom is -0.467 e. The summed E-state index contributed by atoms with van der Waals surface area (Å²) in [5.74, 6) is -3.14. The standard InChI is InChI=1S/C32H49N5O9/c1-18(2)16-24(32(43)44-8)34-30(41)25-13-11-15-37(25)31(42)27(19(3)4)35-28(39)22(12-9-10-14-26(38)45-20(5)6)33-29(40)23-17-21(7)46-36-23/h10,14,17-20,22,24-25,27H,9,11-13,15-16H2,1-8H3,(H,33,40)(H,34,41)(H,35,39)/b14-10+/t22-,24-,25-,27-/m0/s1. The summed E-state index contributed by atoms with van der Waals surface area (Å²) in [5, 5.41) is 11.9. The third kappa shape index (κ3) is 11.6. The first-order valence-corrected chi connectivity index (χ1v) is 15.7. The van der Waals surface area contributed by atoms with Crippen molar-refractivity contribution in [2.75, 3.05) is 13.7 Å². The van der Waals surface area contributed by atoms with Crippen molar-refractivity contribution in [3.63, 3.8) is 0 Å². The highest BCUT2D eigenvalue weighted by Crippen LogP contribution is 2.21. The molecule has 0 bridgehead atoms. The lowest BCUT2D eigenvalue weighted by Gasteiger charge is -2.32. The van der Waals surface area contributed by atoms with Gasteiger partial charge in [-0.05, 0) is 64.7 Å². The molecule has 2 heterocycles. The zero-order valence-electron chi connectivity index (χ0n) is 28.1. The van der Waals surface area contributed by atoms with Crippen LogP contribution in [0.4, 0.5) is 0 Å². The molecule has 2 rings (SSSR count). The summed E-state index contributed by atoms with van der Waals surface area (Å²) in [7, 11) is 1.25. The fourth-order valence-corrected chi connectivity index (χ4v) is 5.03. The number of nitrogens with zero attached hydrogens (tertiary/aromatic N) is 2. The minimum atomic E-state index is -1.10. The number of amides is 4. The number of aromatic nitrogens is 1. The van der Waals surface area contributed by atoms with Gasteiger partial charge in [0.25, 0.3) is 5.91 Å². The number of hydrogen-bond acceptors (Lipinski definition) is 10. The maximum atomic E-state index is 13.9. The van der Waals surface area contributed by atoms with Crippen LogP contribution in [0.15, 0.2) is 22.7 Å². The molecule has 1 aliphatic rings. The van der Waals surface area contributed by atoms with Gasteiger partial charge in [-0.25, -0.2) is 9.59 Å². The Labute approximate surface area is 270 Å². The van der Waals surface area contributed by atoms with Gasteiger partial charge in [0.2, 0.25) is 17.7 Å². The Hall–Kier alpha value is -4.23. The van der Waals surface area contributed by atoms with Crippen molar-refractivity contribution in [2.24, 2.45) is 11.8 Å². The van der Waals surface area contributed by atoms with Crippen LogP contribution in [0.3, 0.4) is 0 Å². The summed E-state index contributed by atoms with van der Waals surface area (Å²) in [4.78, 5) is 79.3. The number of nitrogens with one attached hydrogen (secondary N) is 3. The molecular weight excluding hydrogens is 598 g/mol. The number of esters is 2. The molecule has 0 unspecified atom stereocenters. The van der Waals surface area contributed by atoms with E-state index in [2.05, 4.69) is 21.1 Å². The van der Waals surface area contributed by atoms with Gasteiger partial charge in [0, 0.05) is 18.7 Å². The fraction of sp³-hybridized carbons (Fsp3) is 0.656. The summed E-state index contributed by atoms with van der Waals surface area (Å²) < 4.78 is 14.9. The molecule has 1 fully saturated rings. The van der Waals surface area contributed by atoms with Crippen molar-refractivity contribution in [1.29, 1.82) is 0 Å². The summed E-state index contributed by atoms with van der Waals surface area (Å²) in [6.07, 6.45) is 4.17. The van der Waals surface area contributed by atoms with Crippen molar-refractivity contribution < 1.29 is 42.8 Å². The summed E-state index contributed by atoms with van der Waals surface area (Å²) in [6.45, 7) is 12.7. The van der Waals surface area contributed by atoms with E-state index in [1.165, 1.54) is 30.2 Å². The first kappa shape index (κ1) is 38.0. The van der Waals surface area contributed by atoms with Crippen molar-refractivity contribution in [3.05, 3.63) is 29.7 Å². The molecule has 0 spiro atoms. The maximum absolute atomic E-state index is 13.9. The number of allylic oxidation sites excluding steroid dienone is 1. The van der Waals surface area contributed by atoms with Crippen LogP contribution in [0.1, 0.15) is 89.9 Å². The lowest BCUT2D eigenvalue weighted by Crippen LogP contribution is -2.59. The molecule has 256 valence electrons. The van der Waals surface area contributed by atoms with Crippen LogP contribution in [0, 0.1) is 18.8 Å². The molecule has 0 radical (unpaired) electrons. The second-order valence-corrected chi connectivity index (χ2v) is 12.4. The highest BCUT2D eigenvalue weighted by atomic mass is 16.5. The van der Waals surface area contributed by atoms with E-state index >= 15 is 0 Å². The first-order valence-electron chi connectivity index (χ1n) is 15.7. The average Bonchev–Trinajstić information content (AvgIpc) is 3.65. The lowest BCUT2D eigenvalue weighted by atomic mass is 10.0. The molecule has 4 amide bonds. The minimum absolute atomic E-state index is 0.0171. The molecule has 1 saturated heterocycles. The molecule has 4 atom stereocenters. The second-order valence-electron chi connectivity index (χ2n) is 12.4. The van der Waals surface area contributed by atoms with E-state index in [0.29, 0.717) is 31.6 Å². The Balaban J connectivity index is 2.21. The molecule has 46 heavy (non-hydrogen) atoms. The molecular formula is C32H49N5O9. The third-order valence-corrected chi connectivity index (χ3v) is 7.29. The van der Waals surface area contributed by atoms with Gasteiger partial charge in [0.15, 0.2) is 5.69 Å². The van der Waals surface area contributed by atoms with Crippen molar-refractivity contribution in [3.8, 4) is 0 Å². The van der Waals surface area contributed by atoms with Crippen LogP contribution in [0.5, 0.6) is 0 Å². The van der Waals surface area contributed by atoms with Gasteiger partial charge in [-0.2, -0.15) is 0 Å². The maximum Gasteiger partial charge on any atom is 0.330 e. The van der Waals surface area contributed by atoms with E-state index in [-0.39, 0.29) is 36.5 Å². The highest BCUT2D eigenvalue weighted by Gasteiger charge is 2.40. The Morgan fingerprint density at radius 2 is 1.74 bits per heavy atom. The molecule has 14 nitrogen and oxygen atoms in total. The molecule has 1 aliphatic heterocycles. The predicted octanol–water partition coefficient (Wildman–Crippen LogP) is 2.21. The zero-order valence-corrected chi connectivity index (χ0v) is 28.1. The Bertz CT molecular complexity index is 1260. The predicted molar refractivity (Wildman–Crippen MR) is 167 cm³/mol. The number of hydrogen-bond donors (Lipinski definition) is 3. The third-order valence-electron chi connectivity index (χ3n) is 7.29. The number of methoxy groups -OCH3 is 1. The lowest BCUT2D eigenvalue weighted by molar-refractivity contribution is -0.147. The van der Waals surface area contributed by atoms with Crippen molar-refractivity contribution in [1.82, 2.24) is 26.0 Å². The van der Waals surface area contributed by atoms with Crippen molar-refractivity contribution >= 4 is 35.6 Å². The van der Waals surface area contributed by atoms with Crippen LogP contribution in [-0.2, 0) is 33.4 Å². The monoisotopic (exact) mass is 647 g/mol. The quantitative estimate of drug-likeness (QED) is 0.177. The number of rotatable bonds is 16. The molecule has 1 aromatic rings. The van der Waals surface area contributed by atoms with Crippen LogP contribution in [-0.4, -0.2) is 89.5 Å². The SMILES string of the molecule is COC(=O)[C@H](CC(C)C)NC(=O)[C@@H]1CCCN1C(=O)[C@@H](NC(=O)[C@H](CC/C=C/C(=O)OC(C)C)NC(=O)c1cc(C)on1)C(C)C. The highest BCUT2D eigenvalue weighted by molar-refractivity contribution is 5.98. The molecule has 3 N–H and O–H groups in total. The van der Waals surface area contributed by atoms with E-state index < -0.39 is 59.7 Å². The van der Waals surface area contributed by atoms with Crippen LogP contribution in [0.2, 0.25) is 0 Å². The van der Waals surface area contributed by atoms with Gasteiger partial charge in [-0.3, -0.25) is 19.2 Å². The normalized spacial score (nSPS) is 16.8. The van der Waals surface area contributed by atoms with Gasteiger partial charge in [-0.1, -0.05) is 38.9 Å². The Morgan fingerprint density at radius 3 is 2.30 bits per heavy atom. The number of aryl methyl sites for hydroxylation is 1. The molecule has 14 heteroatoms. The number of carbonyl (C=O) groups is 6. The topological polar surface area (TPSA) is 186 Å². The van der Waals surface area contributed by atoms with Gasteiger partial charge in [0.05, 0.1) is 13.2 Å². The fourth-order valence-electron chi connectivity index (χ4n) is 5.03. The summed E-state index contributed by atoms with van der Waals surface area (Å²) >= 11 is 0. The van der Waals surface area contributed by atoms with E-state index in [0.717, 1.165) is 0 Å². The van der Waals surface area contributed by atoms with Crippen molar-refractivity contribution in [2.45, 2.75) is 111 Å². The number of likely N-dealkylation sites (tertiary alicyclic amines) is 1. The van der Waals surface area contributed by atoms with Gasteiger partial charge in [-0.15, -0.1) is 0 Å². The van der Waals surface area contributed by atoms with Gasteiger partial charge in [0.1, 0.15) is 29.9 Å². The number of ether oxygens (including phenoxy) is 2. The van der Waals surface area contributed by atoms with Gasteiger partial charge >= 0.3 is 11.9 Å². The summed E-state index contributed by atoms with van der Waals surface area (Å²) in [5.41, 5.74) is -0.0171. The van der Waals surface area contributed by atoms with E-state index in [9.17, 15) is 28.8 Å². The Morgan fingerprint density at radius 1 is 1.04 bits per heavy atom. The summed E-state index contributed by atoms with van der Waals surface area (Å²) in [6, 6.07) is -2.37. The number of carbonyl (C=O) groups excluding carboxylic acids is 6. The van der Waals surface area contributed by atoms with Crippen LogP contribution in [0.25, 0.3) is 0 Å². The molecule has 0 aromatic carbocycles. The smallest absolute Gasteiger partial charge is 0.330 e. The van der Waals surface area contributed by atoms with Gasteiger partial charge < -0.3 is 34.8 Å². The molecule has 0 saturated carbocycles. The Kier molecular flexibility index (Phi) is 14.9. The second kappa shape index (κ2) is 18.1. The van der Waals surface area contributed by atoms with Crippen LogP contribution >= 0.6 is 0 Å². The average molecular weight is 648 g/mol. The largest absolute Gasteiger partial charge is 0.467 e. The van der Waals surface area contributed by atoms with E-state index in [1.54, 1.807) is 34.6 Å². The van der Waals surface area contributed by atoms with Crippen LogP contribution < -0.4 is 16.0 Å². The zero-order chi connectivity index (χ0) is 34.6. The first-order chi connectivity index (χ1) is 21.6. The van der Waals surface area contributed by atoms with E-state index in [4.69, 9.17) is 14.0 Å². The molecule has 1 aromatic heterocycles. The van der Waals surface area contributed by atoms with E-state index in [1.807, 2.05) is 13.8 Å².